The van der Waals surface area contributed by atoms with E-state index in [9.17, 15) is 19.4 Å². The summed E-state index contributed by atoms with van der Waals surface area (Å²) in [4.78, 5) is 12.0. The van der Waals surface area contributed by atoms with Gasteiger partial charge in [-0.1, -0.05) is 42.6 Å². The van der Waals surface area contributed by atoms with Crippen molar-refractivity contribution in [3.05, 3.63) is 0 Å². The summed E-state index contributed by atoms with van der Waals surface area (Å²) in [6, 6.07) is 0. The highest BCUT2D eigenvalue weighted by Crippen LogP contribution is 2.67. The first-order valence-corrected chi connectivity index (χ1v) is 10.3. The highest BCUT2D eigenvalue weighted by Gasteiger charge is 2.70. The Hall–Kier alpha value is 0. The number of ketones is 1. The number of fused-ring (bicyclic) bond motifs is 5. The van der Waals surface area contributed by atoms with Crippen molar-refractivity contribution in [3.8, 4) is 0 Å². The SMILES string of the molecule is CC12CCC3C(C(O)C(Br)[C@@]4(O)CCCCC34C)C1C[C@@H](F)C2=O. The lowest BCUT2D eigenvalue weighted by atomic mass is 9.43. The molecule has 3 nitrogen and oxygen atoms in total. The number of halogens is 2. The van der Waals surface area contributed by atoms with E-state index in [1.54, 1.807) is 0 Å². The molecule has 0 aromatic heterocycles. The summed E-state index contributed by atoms with van der Waals surface area (Å²) in [6.45, 7) is 4.06. The highest BCUT2D eigenvalue weighted by molar-refractivity contribution is 9.09. The van der Waals surface area contributed by atoms with Crippen LogP contribution in [-0.4, -0.2) is 38.7 Å². The molecule has 0 aromatic rings. The number of alkyl halides is 2. The number of carbonyl (C=O) groups is 1. The minimum absolute atomic E-state index is 0.110. The predicted octanol–water partition coefficient (Wildman–Crippen LogP) is 3.40. The molecule has 0 bridgehead atoms. The summed E-state index contributed by atoms with van der Waals surface area (Å²) in [5.74, 6) is -0.333. The topological polar surface area (TPSA) is 57.5 Å². The van der Waals surface area contributed by atoms with Gasteiger partial charge in [-0.3, -0.25) is 4.79 Å². The zero-order chi connectivity index (χ0) is 17.5. The Bertz CT molecular complexity index is 571. The molecule has 2 N–H and O–H groups in total. The summed E-state index contributed by atoms with van der Waals surface area (Å²) in [5, 5.41) is 22.6. The van der Waals surface area contributed by atoms with Gasteiger partial charge in [-0.15, -0.1) is 0 Å². The van der Waals surface area contributed by atoms with E-state index in [1.165, 1.54) is 0 Å². The zero-order valence-corrected chi connectivity index (χ0v) is 16.1. The normalized spacial score (nSPS) is 60.3. The van der Waals surface area contributed by atoms with Crippen molar-refractivity contribution >= 4 is 21.7 Å². The minimum atomic E-state index is -1.39. The smallest absolute Gasteiger partial charge is 0.173 e. The first-order valence-electron chi connectivity index (χ1n) is 9.40. The maximum absolute atomic E-state index is 14.3. The second-order valence-electron chi connectivity index (χ2n) is 9.26. The van der Waals surface area contributed by atoms with Gasteiger partial charge in [-0.2, -0.15) is 0 Å². The van der Waals surface area contributed by atoms with Gasteiger partial charge in [0.15, 0.2) is 12.0 Å². The minimum Gasteiger partial charge on any atom is -0.392 e. The van der Waals surface area contributed by atoms with E-state index in [1.807, 2.05) is 6.92 Å². The molecule has 4 fully saturated rings. The molecule has 9 atom stereocenters. The van der Waals surface area contributed by atoms with E-state index in [-0.39, 0.29) is 35.4 Å². The summed E-state index contributed by atoms with van der Waals surface area (Å²) in [5.41, 5.74) is -1.84. The van der Waals surface area contributed by atoms with Gasteiger partial charge in [0.25, 0.3) is 0 Å². The van der Waals surface area contributed by atoms with Crippen molar-refractivity contribution < 1.29 is 19.4 Å². The average Bonchev–Trinajstić information content (AvgIpc) is 2.78. The van der Waals surface area contributed by atoms with Gasteiger partial charge < -0.3 is 10.2 Å². The summed E-state index contributed by atoms with van der Waals surface area (Å²) < 4.78 is 14.3. The fourth-order valence-corrected chi connectivity index (χ4v) is 8.10. The molecule has 4 aliphatic rings. The van der Waals surface area contributed by atoms with Crippen LogP contribution in [-0.2, 0) is 4.79 Å². The van der Waals surface area contributed by atoms with Crippen molar-refractivity contribution in [2.24, 2.45) is 28.6 Å². The van der Waals surface area contributed by atoms with Gasteiger partial charge in [0.1, 0.15) is 0 Å². The number of carbonyl (C=O) groups excluding carboxylic acids is 1. The maximum Gasteiger partial charge on any atom is 0.173 e. The van der Waals surface area contributed by atoms with Crippen molar-refractivity contribution in [1.82, 2.24) is 0 Å². The summed E-state index contributed by atoms with van der Waals surface area (Å²) in [6.07, 6.45) is 3.31. The molecule has 4 rings (SSSR count). The first kappa shape index (κ1) is 17.4. The Morgan fingerprint density at radius 1 is 1.17 bits per heavy atom. The molecule has 5 heteroatoms. The second kappa shape index (κ2) is 5.26. The Balaban J connectivity index is 1.79. The maximum atomic E-state index is 14.3. The van der Waals surface area contributed by atoms with E-state index in [2.05, 4.69) is 22.9 Å². The molecule has 4 saturated carbocycles. The molecule has 0 amide bonds. The van der Waals surface area contributed by atoms with Gasteiger partial charge in [-0.05, 0) is 49.9 Å². The number of aliphatic hydroxyl groups excluding tert-OH is 1. The van der Waals surface area contributed by atoms with E-state index >= 15 is 0 Å². The number of rotatable bonds is 0. The van der Waals surface area contributed by atoms with E-state index in [0.717, 1.165) is 25.7 Å². The molecular formula is C19H28BrFO3. The Labute approximate surface area is 151 Å². The van der Waals surface area contributed by atoms with Gasteiger partial charge in [-0.25, -0.2) is 4.39 Å². The monoisotopic (exact) mass is 402 g/mol. The third kappa shape index (κ3) is 1.87. The standard InChI is InChI=1S/C19H28BrFO3/c1-17-8-5-10-13(11(17)9-12(21)16(17)23)14(22)15(20)19(24)7-4-3-6-18(10,19)2/h10-15,22,24H,3-9H2,1-2H3/t10?,11?,12-,13?,14?,15?,17?,18?,19+/m1/s1. The van der Waals surface area contributed by atoms with Crippen LogP contribution in [0.5, 0.6) is 0 Å². The van der Waals surface area contributed by atoms with Gasteiger partial charge >= 0.3 is 0 Å². The molecule has 7 unspecified atom stereocenters. The van der Waals surface area contributed by atoms with Crippen LogP contribution >= 0.6 is 15.9 Å². The van der Waals surface area contributed by atoms with Gasteiger partial charge in [0, 0.05) is 10.8 Å². The largest absolute Gasteiger partial charge is 0.392 e. The van der Waals surface area contributed by atoms with Crippen molar-refractivity contribution in [1.29, 1.82) is 0 Å². The molecule has 0 aliphatic heterocycles. The third-order valence-electron chi connectivity index (χ3n) is 8.49. The van der Waals surface area contributed by atoms with Crippen molar-refractivity contribution in [2.75, 3.05) is 0 Å². The Kier molecular flexibility index (Phi) is 3.82. The number of hydrogen-bond acceptors (Lipinski definition) is 3. The molecule has 0 radical (unpaired) electrons. The van der Waals surface area contributed by atoms with Crippen LogP contribution in [0.3, 0.4) is 0 Å². The molecule has 24 heavy (non-hydrogen) atoms. The lowest BCUT2D eigenvalue weighted by molar-refractivity contribution is -0.228. The zero-order valence-electron chi connectivity index (χ0n) is 14.5. The van der Waals surface area contributed by atoms with Gasteiger partial charge in [0.05, 0.1) is 16.5 Å². The Morgan fingerprint density at radius 2 is 1.83 bits per heavy atom. The average molecular weight is 403 g/mol. The molecular weight excluding hydrogens is 375 g/mol. The van der Waals surface area contributed by atoms with Crippen molar-refractivity contribution in [3.63, 3.8) is 0 Å². The van der Waals surface area contributed by atoms with E-state index < -0.39 is 28.1 Å². The molecule has 0 aromatic carbocycles. The lowest BCUT2D eigenvalue weighted by Crippen LogP contribution is -2.70. The number of Topliss-reactive ketones (excluding diaryl/α,β-unsaturated/α-hetero) is 1. The quantitative estimate of drug-likeness (QED) is 0.610. The highest BCUT2D eigenvalue weighted by atomic mass is 79.9. The van der Waals surface area contributed by atoms with Crippen LogP contribution in [0.1, 0.15) is 58.8 Å². The van der Waals surface area contributed by atoms with Gasteiger partial charge in [0.2, 0.25) is 0 Å². The molecule has 0 heterocycles. The van der Waals surface area contributed by atoms with Crippen LogP contribution in [0, 0.1) is 28.6 Å². The fourth-order valence-electron chi connectivity index (χ4n) is 6.99. The van der Waals surface area contributed by atoms with Crippen LogP contribution in [0.15, 0.2) is 0 Å². The van der Waals surface area contributed by atoms with Crippen LogP contribution < -0.4 is 0 Å². The molecule has 0 saturated heterocycles. The number of aliphatic hydroxyl groups is 2. The second-order valence-corrected chi connectivity index (χ2v) is 10.2. The summed E-state index contributed by atoms with van der Waals surface area (Å²) >= 11 is 3.61. The number of hydrogen-bond donors (Lipinski definition) is 2. The first-order chi connectivity index (χ1) is 11.2. The van der Waals surface area contributed by atoms with Crippen LogP contribution in [0.25, 0.3) is 0 Å². The summed E-state index contributed by atoms with van der Waals surface area (Å²) in [7, 11) is 0. The van der Waals surface area contributed by atoms with E-state index in [4.69, 9.17) is 0 Å². The van der Waals surface area contributed by atoms with E-state index in [0.29, 0.717) is 12.8 Å². The lowest BCUT2D eigenvalue weighted by Gasteiger charge is -2.65. The molecule has 4 aliphatic carbocycles. The Morgan fingerprint density at radius 3 is 2.54 bits per heavy atom. The van der Waals surface area contributed by atoms with Crippen LogP contribution in [0.2, 0.25) is 0 Å². The van der Waals surface area contributed by atoms with Crippen molar-refractivity contribution in [2.45, 2.75) is 81.5 Å². The fraction of sp³-hybridized carbons (Fsp3) is 0.947. The van der Waals surface area contributed by atoms with Crippen LogP contribution in [0.4, 0.5) is 4.39 Å². The third-order valence-corrected chi connectivity index (χ3v) is 9.79. The predicted molar refractivity (Wildman–Crippen MR) is 92.6 cm³/mol. The molecule has 0 spiro atoms. The molecule has 136 valence electrons.